The smallest absolute Gasteiger partial charge is 0.263 e. The minimum atomic E-state index is -3.91. The molecular weight excluding hydrogens is 289 g/mol. The molecule has 0 aliphatic carbocycles. The van der Waals surface area contributed by atoms with Crippen LogP contribution in [0.1, 0.15) is 10.4 Å². The summed E-state index contributed by atoms with van der Waals surface area (Å²) in [7, 11) is -3.91. The lowest BCUT2D eigenvalue weighted by Gasteiger charge is -2.10. The highest BCUT2D eigenvalue weighted by atomic mass is 32.2. The van der Waals surface area contributed by atoms with Crippen LogP contribution in [0.25, 0.3) is 0 Å². The van der Waals surface area contributed by atoms with Crippen LogP contribution in [0.15, 0.2) is 34.5 Å². The van der Waals surface area contributed by atoms with Crippen LogP contribution >= 0.6 is 11.3 Å². The van der Waals surface area contributed by atoms with Gasteiger partial charge in [0.15, 0.2) is 0 Å². The number of aliphatic hydroxyl groups excluding tert-OH is 1. The van der Waals surface area contributed by atoms with Crippen LogP contribution in [-0.2, 0) is 16.6 Å². The van der Waals surface area contributed by atoms with Crippen molar-refractivity contribution in [1.82, 2.24) is 0 Å². The molecule has 1 aromatic carbocycles. The van der Waals surface area contributed by atoms with E-state index in [1.165, 1.54) is 24.3 Å². The third-order valence-corrected chi connectivity index (χ3v) is 5.33. The topological polar surface area (TPSA) is 66.4 Å². The summed E-state index contributed by atoms with van der Waals surface area (Å²) < 4.78 is 40.1. The summed E-state index contributed by atoms with van der Waals surface area (Å²) in [6.07, 6.45) is 0. The van der Waals surface area contributed by atoms with Gasteiger partial charge in [0, 0.05) is 0 Å². The third kappa shape index (κ3) is 2.78. The van der Waals surface area contributed by atoms with Gasteiger partial charge < -0.3 is 5.11 Å². The van der Waals surface area contributed by atoms with E-state index in [0.29, 0.717) is 10.4 Å². The van der Waals surface area contributed by atoms with E-state index in [9.17, 15) is 12.8 Å². The van der Waals surface area contributed by atoms with Crippen LogP contribution in [0.4, 0.5) is 10.1 Å². The molecule has 0 bridgehead atoms. The summed E-state index contributed by atoms with van der Waals surface area (Å²) in [6.45, 7) is 1.26. The molecule has 0 radical (unpaired) electrons. The molecule has 19 heavy (non-hydrogen) atoms. The largest absolute Gasteiger partial charge is 0.391 e. The fraction of sp³-hybridized carbons (Fsp3) is 0.167. The molecule has 2 aromatic rings. The predicted molar refractivity (Wildman–Crippen MR) is 72.2 cm³/mol. The van der Waals surface area contributed by atoms with Gasteiger partial charge >= 0.3 is 0 Å². The summed E-state index contributed by atoms with van der Waals surface area (Å²) in [5, 5.41) is 10.8. The Bertz CT molecular complexity index is 695. The Morgan fingerprint density at radius 3 is 2.68 bits per heavy atom. The fourth-order valence-electron chi connectivity index (χ4n) is 1.70. The quantitative estimate of drug-likeness (QED) is 0.912. The number of rotatable bonds is 4. The number of benzene rings is 1. The number of aryl methyl sites for hydroxylation is 1. The molecule has 0 amide bonds. The monoisotopic (exact) mass is 301 g/mol. The molecule has 0 aliphatic heterocycles. The van der Waals surface area contributed by atoms with Crippen molar-refractivity contribution in [3.05, 3.63) is 45.9 Å². The van der Waals surface area contributed by atoms with E-state index >= 15 is 0 Å². The van der Waals surface area contributed by atoms with Gasteiger partial charge in [-0.1, -0.05) is 12.1 Å². The summed E-state index contributed by atoms with van der Waals surface area (Å²) in [4.78, 5) is 0.351. The lowest BCUT2D eigenvalue weighted by atomic mass is 10.3. The van der Waals surface area contributed by atoms with E-state index in [1.807, 2.05) is 0 Å². The molecule has 102 valence electrons. The first-order valence-electron chi connectivity index (χ1n) is 5.41. The molecule has 4 nitrogen and oxygen atoms in total. The standard InChI is InChI=1S/C12H12FNO3S2/c1-8-7-18-11(6-15)12(8)19(16,17)14-10-5-3-2-4-9(10)13/h2-5,7,14-15H,6H2,1H3. The molecule has 0 atom stereocenters. The van der Waals surface area contributed by atoms with Crippen molar-refractivity contribution in [2.45, 2.75) is 18.4 Å². The van der Waals surface area contributed by atoms with Gasteiger partial charge in [0.05, 0.1) is 17.2 Å². The number of halogens is 1. The second-order valence-electron chi connectivity index (χ2n) is 3.91. The van der Waals surface area contributed by atoms with Crippen LogP contribution in [0.3, 0.4) is 0 Å². The number of sulfonamides is 1. The predicted octanol–water partition coefficient (Wildman–Crippen LogP) is 2.49. The van der Waals surface area contributed by atoms with Gasteiger partial charge in [-0.2, -0.15) is 0 Å². The average molecular weight is 301 g/mol. The van der Waals surface area contributed by atoms with Crippen molar-refractivity contribution in [3.8, 4) is 0 Å². The second-order valence-corrected chi connectivity index (χ2v) is 6.50. The third-order valence-electron chi connectivity index (χ3n) is 2.52. The van der Waals surface area contributed by atoms with Crippen LogP contribution in [0.5, 0.6) is 0 Å². The Morgan fingerprint density at radius 1 is 1.37 bits per heavy atom. The molecule has 0 unspecified atom stereocenters. The highest BCUT2D eigenvalue weighted by molar-refractivity contribution is 7.93. The van der Waals surface area contributed by atoms with Crippen molar-refractivity contribution in [1.29, 1.82) is 0 Å². The van der Waals surface area contributed by atoms with Gasteiger partial charge in [-0.15, -0.1) is 11.3 Å². The fourth-order valence-corrected chi connectivity index (χ4v) is 4.43. The minimum Gasteiger partial charge on any atom is -0.391 e. The molecule has 0 saturated carbocycles. The van der Waals surface area contributed by atoms with Crippen LogP contribution in [0.2, 0.25) is 0 Å². The molecular formula is C12H12FNO3S2. The van der Waals surface area contributed by atoms with Crippen LogP contribution in [-0.4, -0.2) is 13.5 Å². The summed E-state index contributed by atoms with van der Waals surface area (Å²) in [5.74, 6) is -0.649. The maximum Gasteiger partial charge on any atom is 0.263 e. The number of anilines is 1. The van der Waals surface area contributed by atoms with E-state index in [4.69, 9.17) is 5.11 Å². The average Bonchev–Trinajstić information content (AvgIpc) is 2.74. The Balaban J connectivity index is 2.44. The molecule has 1 aromatic heterocycles. The zero-order valence-corrected chi connectivity index (χ0v) is 11.7. The SMILES string of the molecule is Cc1csc(CO)c1S(=O)(=O)Nc1ccccc1F. The molecule has 0 fully saturated rings. The maximum atomic E-state index is 13.5. The van der Waals surface area contributed by atoms with Crippen molar-refractivity contribution in [3.63, 3.8) is 0 Å². The number of nitrogens with one attached hydrogen (secondary N) is 1. The van der Waals surface area contributed by atoms with Crippen molar-refractivity contribution >= 4 is 27.0 Å². The molecule has 2 N–H and O–H groups in total. The van der Waals surface area contributed by atoms with E-state index < -0.39 is 15.8 Å². The number of para-hydroxylation sites is 1. The Labute approximate surface area is 114 Å². The summed E-state index contributed by atoms with van der Waals surface area (Å²) >= 11 is 1.15. The molecule has 0 spiro atoms. The van der Waals surface area contributed by atoms with E-state index in [1.54, 1.807) is 12.3 Å². The molecule has 2 rings (SSSR count). The van der Waals surface area contributed by atoms with E-state index in [-0.39, 0.29) is 17.2 Å². The number of hydrogen-bond donors (Lipinski definition) is 2. The van der Waals surface area contributed by atoms with Gasteiger partial charge in [0.25, 0.3) is 10.0 Å². The van der Waals surface area contributed by atoms with Crippen molar-refractivity contribution < 1.29 is 17.9 Å². The maximum absolute atomic E-state index is 13.5. The first-order valence-corrected chi connectivity index (χ1v) is 7.77. The first kappa shape index (κ1) is 14.0. The lowest BCUT2D eigenvalue weighted by molar-refractivity contribution is 0.282. The Kier molecular flexibility index (Phi) is 3.88. The number of aliphatic hydroxyl groups is 1. The van der Waals surface area contributed by atoms with Gasteiger partial charge in [0.1, 0.15) is 10.7 Å². The number of hydrogen-bond acceptors (Lipinski definition) is 4. The van der Waals surface area contributed by atoms with Gasteiger partial charge in [-0.05, 0) is 30.0 Å². The highest BCUT2D eigenvalue weighted by Gasteiger charge is 2.23. The van der Waals surface area contributed by atoms with Crippen LogP contribution < -0.4 is 4.72 Å². The highest BCUT2D eigenvalue weighted by Crippen LogP contribution is 2.29. The summed E-state index contributed by atoms with van der Waals surface area (Å²) in [6, 6.07) is 5.52. The zero-order chi connectivity index (χ0) is 14.0. The molecule has 0 saturated heterocycles. The van der Waals surface area contributed by atoms with Gasteiger partial charge in [-0.25, -0.2) is 12.8 Å². The molecule has 7 heteroatoms. The minimum absolute atomic E-state index is 0.0169. The lowest BCUT2D eigenvalue weighted by Crippen LogP contribution is -2.15. The first-order chi connectivity index (χ1) is 8.95. The molecule has 0 aliphatic rings. The van der Waals surface area contributed by atoms with E-state index in [2.05, 4.69) is 4.72 Å². The van der Waals surface area contributed by atoms with Crippen molar-refractivity contribution in [2.75, 3.05) is 4.72 Å². The van der Waals surface area contributed by atoms with Crippen molar-refractivity contribution in [2.24, 2.45) is 0 Å². The van der Waals surface area contributed by atoms with Gasteiger partial charge in [0.2, 0.25) is 0 Å². The number of thiophene rings is 1. The Morgan fingerprint density at radius 2 is 2.05 bits per heavy atom. The van der Waals surface area contributed by atoms with E-state index in [0.717, 1.165) is 11.3 Å². The van der Waals surface area contributed by atoms with Crippen LogP contribution in [0, 0.1) is 12.7 Å². The second kappa shape index (κ2) is 5.28. The normalized spacial score (nSPS) is 11.5. The van der Waals surface area contributed by atoms with Gasteiger partial charge in [-0.3, -0.25) is 4.72 Å². The zero-order valence-electron chi connectivity index (χ0n) is 10.1. The summed E-state index contributed by atoms with van der Waals surface area (Å²) in [5.41, 5.74) is 0.412. The Hall–Kier alpha value is -1.44. The molecule has 1 heterocycles.